The largest absolute Gasteiger partial charge is 0.295 e. The molecule has 0 aromatic heterocycles. The summed E-state index contributed by atoms with van der Waals surface area (Å²) in [5.41, 5.74) is 1.24. The van der Waals surface area contributed by atoms with Crippen molar-refractivity contribution in [2.24, 2.45) is 0 Å². The predicted octanol–water partition coefficient (Wildman–Crippen LogP) is 2.30. The van der Waals surface area contributed by atoms with Crippen molar-refractivity contribution >= 4 is 5.78 Å². The van der Waals surface area contributed by atoms with Crippen molar-refractivity contribution < 1.29 is 4.79 Å². The van der Waals surface area contributed by atoms with Crippen molar-refractivity contribution in [2.45, 2.75) is 12.3 Å². The summed E-state index contributed by atoms with van der Waals surface area (Å²) in [4.78, 5) is 10.9. The summed E-state index contributed by atoms with van der Waals surface area (Å²) in [6, 6.07) is 10.1. The smallest absolute Gasteiger partial charge is 0.156 e. The molecule has 60 valence electrons. The Bertz CT molecular complexity index is 311. The molecule has 0 aliphatic heterocycles. The number of carbonyl (C=O) groups is 1. The Hall–Kier alpha value is -1.37. The van der Waals surface area contributed by atoms with Gasteiger partial charge in [0.25, 0.3) is 0 Å². The van der Waals surface area contributed by atoms with Crippen LogP contribution in [0.2, 0.25) is 0 Å². The molecular weight excluding hydrogens is 148 g/mol. The van der Waals surface area contributed by atoms with Gasteiger partial charge in [0.1, 0.15) is 0 Å². The highest BCUT2D eigenvalue weighted by Crippen LogP contribution is 2.25. The molecule has 0 radical (unpaired) electrons. The second kappa shape index (κ2) is 2.94. The van der Waals surface area contributed by atoms with Gasteiger partial charge in [0.15, 0.2) is 5.78 Å². The van der Waals surface area contributed by atoms with E-state index in [0.29, 0.717) is 12.3 Å². The standard InChI is InChI=1S/C11H10O/c12-11-7-6-10(8-11)9-4-2-1-3-5-9/h1-7,10H,8H2/t10-/m0/s1. The minimum Gasteiger partial charge on any atom is -0.295 e. The lowest BCUT2D eigenvalue weighted by molar-refractivity contribution is -0.114. The van der Waals surface area contributed by atoms with Gasteiger partial charge < -0.3 is 0 Å². The van der Waals surface area contributed by atoms with Crippen LogP contribution in [0.5, 0.6) is 0 Å². The Morgan fingerprint density at radius 2 is 1.92 bits per heavy atom. The quantitative estimate of drug-likeness (QED) is 0.613. The van der Waals surface area contributed by atoms with E-state index < -0.39 is 0 Å². The van der Waals surface area contributed by atoms with Crippen molar-refractivity contribution in [1.29, 1.82) is 0 Å². The molecule has 0 N–H and O–H groups in total. The van der Waals surface area contributed by atoms with Gasteiger partial charge in [-0.3, -0.25) is 4.79 Å². The topological polar surface area (TPSA) is 17.1 Å². The van der Waals surface area contributed by atoms with Gasteiger partial charge in [-0.15, -0.1) is 0 Å². The molecule has 1 heteroatoms. The first-order valence-electron chi connectivity index (χ1n) is 4.12. The second-order valence-corrected chi connectivity index (χ2v) is 3.05. The summed E-state index contributed by atoms with van der Waals surface area (Å²) < 4.78 is 0. The molecule has 0 fully saturated rings. The molecule has 0 amide bonds. The monoisotopic (exact) mass is 158 g/mol. The summed E-state index contributed by atoms with van der Waals surface area (Å²) in [7, 11) is 0. The van der Waals surface area contributed by atoms with E-state index in [1.54, 1.807) is 6.08 Å². The minimum absolute atomic E-state index is 0.240. The third-order valence-electron chi connectivity index (χ3n) is 2.16. The van der Waals surface area contributed by atoms with Crippen molar-refractivity contribution in [2.75, 3.05) is 0 Å². The number of hydrogen-bond acceptors (Lipinski definition) is 1. The molecule has 1 nitrogen and oxygen atoms in total. The Kier molecular flexibility index (Phi) is 1.78. The first-order chi connectivity index (χ1) is 5.86. The molecule has 1 atom stereocenters. The van der Waals surface area contributed by atoms with Gasteiger partial charge in [-0.25, -0.2) is 0 Å². The van der Waals surface area contributed by atoms with Crippen molar-refractivity contribution in [1.82, 2.24) is 0 Å². The Morgan fingerprint density at radius 1 is 1.17 bits per heavy atom. The van der Waals surface area contributed by atoms with Crippen LogP contribution in [0.4, 0.5) is 0 Å². The van der Waals surface area contributed by atoms with Crippen LogP contribution < -0.4 is 0 Å². The van der Waals surface area contributed by atoms with Crippen LogP contribution in [0.25, 0.3) is 0 Å². The van der Waals surface area contributed by atoms with E-state index in [2.05, 4.69) is 12.1 Å². The van der Waals surface area contributed by atoms with Crippen LogP contribution in [0.1, 0.15) is 17.9 Å². The minimum atomic E-state index is 0.240. The third kappa shape index (κ3) is 1.30. The second-order valence-electron chi connectivity index (χ2n) is 3.05. The number of ketones is 1. The molecule has 0 saturated heterocycles. The molecule has 1 aromatic rings. The molecule has 1 aromatic carbocycles. The predicted molar refractivity (Wildman–Crippen MR) is 47.9 cm³/mol. The van der Waals surface area contributed by atoms with Crippen LogP contribution in [0.15, 0.2) is 42.5 Å². The van der Waals surface area contributed by atoms with Gasteiger partial charge in [0.05, 0.1) is 0 Å². The third-order valence-corrected chi connectivity index (χ3v) is 2.16. The summed E-state index contributed by atoms with van der Waals surface area (Å²) in [5, 5.41) is 0. The van der Waals surface area contributed by atoms with E-state index in [4.69, 9.17) is 0 Å². The Morgan fingerprint density at radius 3 is 2.50 bits per heavy atom. The maximum atomic E-state index is 10.9. The number of carbonyl (C=O) groups excluding carboxylic acids is 1. The van der Waals surface area contributed by atoms with Gasteiger partial charge in [-0.2, -0.15) is 0 Å². The lowest BCUT2D eigenvalue weighted by Crippen LogP contribution is -1.94. The van der Waals surface area contributed by atoms with Crippen LogP contribution in [0.3, 0.4) is 0 Å². The highest BCUT2D eigenvalue weighted by molar-refractivity contribution is 5.93. The zero-order valence-corrected chi connectivity index (χ0v) is 6.73. The van der Waals surface area contributed by atoms with Gasteiger partial charge >= 0.3 is 0 Å². The zero-order valence-electron chi connectivity index (χ0n) is 6.73. The molecule has 0 spiro atoms. The Balaban J connectivity index is 2.23. The number of allylic oxidation sites excluding steroid dienone is 2. The van der Waals surface area contributed by atoms with Gasteiger partial charge in [-0.1, -0.05) is 36.4 Å². The molecule has 1 aliphatic rings. The average molecular weight is 158 g/mol. The average Bonchev–Trinajstić information content (AvgIpc) is 2.54. The van der Waals surface area contributed by atoms with Crippen LogP contribution >= 0.6 is 0 Å². The molecule has 2 rings (SSSR count). The van der Waals surface area contributed by atoms with E-state index >= 15 is 0 Å². The lowest BCUT2D eigenvalue weighted by atomic mass is 9.99. The summed E-state index contributed by atoms with van der Waals surface area (Å²) in [6.45, 7) is 0. The highest BCUT2D eigenvalue weighted by Gasteiger charge is 2.16. The molecule has 1 aliphatic carbocycles. The van der Waals surface area contributed by atoms with Crippen LogP contribution in [-0.2, 0) is 4.79 Å². The van der Waals surface area contributed by atoms with Gasteiger partial charge in [0.2, 0.25) is 0 Å². The molecule has 0 bridgehead atoms. The lowest BCUT2D eigenvalue weighted by Gasteiger charge is -2.05. The zero-order chi connectivity index (χ0) is 8.39. The van der Waals surface area contributed by atoms with Crippen LogP contribution in [0, 0.1) is 0 Å². The summed E-state index contributed by atoms with van der Waals surface area (Å²) in [5.74, 6) is 0.558. The molecule has 0 heterocycles. The fourth-order valence-corrected chi connectivity index (χ4v) is 1.51. The molecule has 0 unspecified atom stereocenters. The highest BCUT2D eigenvalue weighted by atomic mass is 16.1. The van der Waals surface area contributed by atoms with Crippen molar-refractivity contribution in [3.63, 3.8) is 0 Å². The summed E-state index contributed by atoms with van der Waals surface area (Å²) in [6.07, 6.45) is 4.30. The molecule has 12 heavy (non-hydrogen) atoms. The van der Waals surface area contributed by atoms with Crippen molar-refractivity contribution in [3.05, 3.63) is 48.0 Å². The van der Waals surface area contributed by atoms with E-state index in [9.17, 15) is 4.79 Å². The maximum Gasteiger partial charge on any atom is 0.156 e. The molecule has 0 saturated carbocycles. The number of rotatable bonds is 1. The number of hydrogen-bond donors (Lipinski definition) is 0. The van der Waals surface area contributed by atoms with E-state index in [0.717, 1.165) is 0 Å². The van der Waals surface area contributed by atoms with E-state index in [1.165, 1.54) is 5.56 Å². The first-order valence-corrected chi connectivity index (χ1v) is 4.12. The van der Waals surface area contributed by atoms with Crippen molar-refractivity contribution in [3.8, 4) is 0 Å². The van der Waals surface area contributed by atoms with E-state index in [-0.39, 0.29) is 5.78 Å². The maximum absolute atomic E-state index is 10.9. The van der Waals surface area contributed by atoms with E-state index in [1.807, 2.05) is 24.3 Å². The fraction of sp³-hybridized carbons (Fsp3) is 0.182. The molecular formula is C11H10O. The van der Waals surface area contributed by atoms with Gasteiger partial charge in [-0.05, 0) is 11.6 Å². The first kappa shape index (κ1) is 7.29. The van der Waals surface area contributed by atoms with Crippen LogP contribution in [-0.4, -0.2) is 5.78 Å². The fourth-order valence-electron chi connectivity index (χ4n) is 1.51. The SMILES string of the molecule is O=C1C=C[C@H](c2ccccc2)C1. The number of benzene rings is 1. The van der Waals surface area contributed by atoms with Gasteiger partial charge in [0, 0.05) is 12.3 Å². The normalized spacial score (nSPS) is 21.7. The summed E-state index contributed by atoms with van der Waals surface area (Å²) >= 11 is 0. The Labute approximate surface area is 71.7 Å².